The Balaban J connectivity index is 2.38. The topological polar surface area (TPSA) is 35.5 Å². The summed E-state index contributed by atoms with van der Waals surface area (Å²) >= 11 is 0. The number of hydrogen-bond donors (Lipinski definition) is 0. The molecule has 0 radical (unpaired) electrons. The Labute approximate surface area is 96.4 Å². The van der Waals surface area contributed by atoms with Crippen molar-refractivity contribution in [1.29, 1.82) is 0 Å². The Hall–Kier alpha value is -1.51. The maximum absolute atomic E-state index is 11.3. The van der Waals surface area contributed by atoms with Crippen molar-refractivity contribution in [2.45, 2.75) is 26.2 Å². The Morgan fingerprint density at radius 1 is 1.38 bits per heavy atom. The Morgan fingerprint density at radius 3 is 2.88 bits per heavy atom. The van der Waals surface area contributed by atoms with Gasteiger partial charge in [-0.2, -0.15) is 0 Å². The smallest absolute Gasteiger partial charge is 0.306 e. The number of carbonyl (C=O) groups excluding carboxylic acids is 1. The fraction of sp³-hybridized carbons (Fsp3) is 0.462. The van der Waals surface area contributed by atoms with Crippen LogP contribution in [0.5, 0.6) is 5.75 Å². The summed E-state index contributed by atoms with van der Waals surface area (Å²) in [5.41, 5.74) is 1.09. The third-order valence-corrected chi connectivity index (χ3v) is 2.22. The number of carbonyl (C=O) groups is 1. The molecule has 0 aromatic heterocycles. The van der Waals surface area contributed by atoms with Gasteiger partial charge >= 0.3 is 5.97 Å². The van der Waals surface area contributed by atoms with Gasteiger partial charge in [-0.3, -0.25) is 4.79 Å². The van der Waals surface area contributed by atoms with Gasteiger partial charge in [-0.25, -0.2) is 0 Å². The van der Waals surface area contributed by atoms with E-state index in [-0.39, 0.29) is 5.97 Å². The summed E-state index contributed by atoms with van der Waals surface area (Å²) in [6.07, 6.45) is 1.98. The molecule has 0 aliphatic heterocycles. The minimum absolute atomic E-state index is 0.135. The molecule has 88 valence electrons. The van der Waals surface area contributed by atoms with E-state index in [0.29, 0.717) is 19.4 Å². The van der Waals surface area contributed by atoms with E-state index < -0.39 is 0 Å². The molecular weight excluding hydrogens is 204 g/mol. The normalized spacial score (nSPS) is 9.88. The van der Waals surface area contributed by atoms with Gasteiger partial charge in [0.25, 0.3) is 0 Å². The van der Waals surface area contributed by atoms with Crippen molar-refractivity contribution in [2.75, 3.05) is 13.7 Å². The summed E-state index contributed by atoms with van der Waals surface area (Å²) in [7, 11) is 1.63. The monoisotopic (exact) mass is 222 g/mol. The highest BCUT2D eigenvalue weighted by molar-refractivity contribution is 5.69. The summed E-state index contributed by atoms with van der Waals surface area (Å²) in [4.78, 5) is 11.3. The third kappa shape index (κ3) is 4.34. The standard InChI is InChI=1S/C13H18O3/c1-3-9-16-13(14)8-7-11-5-4-6-12(10-11)15-2/h4-6,10H,3,7-9H2,1-2H3. The van der Waals surface area contributed by atoms with Crippen LogP contribution in [-0.4, -0.2) is 19.7 Å². The zero-order valence-electron chi connectivity index (χ0n) is 9.86. The number of benzene rings is 1. The van der Waals surface area contributed by atoms with Crippen LogP contribution < -0.4 is 4.74 Å². The molecule has 0 atom stereocenters. The van der Waals surface area contributed by atoms with E-state index >= 15 is 0 Å². The predicted molar refractivity (Wildman–Crippen MR) is 62.6 cm³/mol. The van der Waals surface area contributed by atoms with Crippen LogP contribution in [0.2, 0.25) is 0 Å². The number of aryl methyl sites for hydroxylation is 1. The molecule has 16 heavy (non-hydrogen) atoms. The van der Waals surface area contributed by atoms with Gasteiger partial charge < -0.3 is 9.47 Å². The highest BCUT2D eigenvalue weighted by atomic mass is 16.5. The number of hydrogen-bond acceptors (Lipinski definition) is 3. The molecule has 1 aromatic carbocycles. The van der Waals surface area contributed by atoms with Crippen LogP contribution in [0.1, 0.15) is 25.3 Å². The average molecular weight is 222 g/mol. The molecule has 0 aliphatic rings. The van der Waals surface area contributed by atoms with Gasteiger partial charge in [0.1, 0.15) is 5.75 Å². The van der Waals surface area contributed by atoms with Crippen molar-refractivity contribution in [3.63, 3.8) is 0 Å². The lowest BCUT2D eigenvalue weighted by molar-refractivity contribution is -0.143. The first-order valence-electron chi connectivity index (χ1n) is 5.54. The fourth-order valence-corrected chi connectivity index (χ4v) is 1.36. The highest BCUT2D eigenvalue weighted by Crippen LogP contribution is 2.14. The van der Waals surface area contributed by atoms with E-state index in [2.05, 4.69) is 0 Å². The number of esters is 1. The van der Waals surface area contributed by atoms with E-state index in [4.69, 9.17) is 9.47 Å². The summed E-state index contributed by atoms with van der Waals surface area (Å²) in [6, 6.07) is 7.73. The maximum Gasteiger partial charge on any atom is 0.306 e. The summed E-state index contributed by atoms with van der Waals surface area (Å²) in [5.74, 6) is 0.684. The van der Waals surface area contributed by atoms with Crippen LogP contribution in [0, 0.1) is 0 Å². The van der Waals surface area contributed by atoms with Crippen molar-refractivity contribution in [3.8, 4) is 5.75 Å². The summed E-state index contributed by atoms with van der Waals surface area (Å²) in [6.45, 7) is 2.49. The molecule has 3 heteroatoms. The average Bonchev–Trinajstić information content (AvgIpc) is 2.34. The van der Waals surface area contributed by atoms with Crippen molar-refractivity contribution in [3.05, 3.63) is 29.8 Å². The van der Waals surface area contributed by atoms with Crippen LogP contribution >= 0.6 is 0 Å². The number of rotatable bonds is 6. The molecule has 1 aromatic rings. The predicted octanol–water partition coefficient (Wildman–Crippen LogP) is 2.58. The lowest BCUT2D eigenvalue weighted by Gasteiger charge is -2.05. The summed E-state index contributed by atoms with van der Waals surface area (Å²) in [5, 5.41) is 0. The number of ether oxygens (including phenoxy) is 2. The molecule has 0 fully saturated rings. The van der Waals surface area contributed by atoms with Crippen LogP contribution in [0.3, 0.4) is 0 Å². The van der Waals surface area contributed by atoms with E-state index in [1.165, 1.54) is 0 Å². The molecular formula is C13H18O3. The second-order valence-corrected chi connectivity index (χ2v) is 3.57. The third-order valence-electron chi connectivity index (χ3n) is 2.22. The molecule has 0 amide bonds. The Bertz CT molecular complexity index is 334. The fourth-order valence-electron chi connectivity index (χ4n) is 1.36. The van der Waals surface area contributed by atoms with Crippen molar-refractivity contribution in [2.24, 2.45) is 0 Å². The van der Waals surface area contributed by atoms with E-state index in [1.807, 2.05) is 31.2 Å². The molecule has 1 rings (SSSR count). The van der Waals surface area contributed by atoms with Crippen LogP contribution in [0.25, 0.3) is 0 Å². The largest absolute Gasteiger partial charge is 0.497 e. The van der Waals surface area contributed by atoms with E-state index in [9.17, 15) is 4.79 Å². The number of methoxy groups -OCH3 is 1. The minimum Gasteiger partial charge on any atom is -0.497 e. The van der Waals surface area contributed by atoms with Crippen molar-refractivity contribution in [1.82, 2.24) is 0 Å². The molecule has 0 saturated heterocycles. The van der Waals surface area contributed by atoms with Gasteiger partial charge in [0.15, 0.2) is 0 Å². The minimum atomic E-state index is -0.135. The quantitative estimate of drug-likeness (QED) is 0.694. The van der Waals surface area contributed by atoms with E-state index in [0.717, 1.165) is 17.7 Å². The second kappa shape index (κ2) is 6.88. The molecule has 0 spiro atoms. The first-order chi connectivity index (χ1) is 7.76. The molecule has 0 saturated carbocycles. The van der Waals surface area contributed by atoms with E-state index in [1.54, 1.807) is 7.11 Å². The van der Waals surface area contributed by atoms with Crippen LogP contribution in [-0.2, 0) is 16.0 Å². The highest BCUT2D eigenvalue weighted by Gasteiger charge is 2.03. The van der Waals surface area contributed by atoms with Gasteiger partial charge in [-0.1, -0.05) is 19.1 Å². The summed E-state index contributed by atoms with van der Waals surface area (Å²) < 4.78 is 10.1. The van der Waals surface area contributed by atoms with Gasteiger partial charge in [-0.05, 0) is 30.5 Å². The molecule has 3 nitrogen and oxygen atoms in total. The van der Waals surface area contributed by atoms with Crippen molar-refractivity contribution >= 4 is 5.97 Å². The van der Waals surface area contributed by atoms with Crippen LogP contribution in [0.4, 0.5) is 0 Å². The first kappa shape index (κ1) is 12.6. The Kier molecular flexibility index (Phi) is 5.40. The molecule has 0 aliphatic carbocycles. The zero-order valence-corrected chi connectivity index (χ0v) is 9.86. The van der Waals surface area contributed by atoms with Gasteiger partial charge in [0.2, 0.25) is 0 Å². The lowest BCUT2D eigenvalue weighted by atomic mass is 10.1. The maximum atomic E-state index is 11.3. The van der Waals surface area contributed by atoms with Gasteiger partial charge in [-0.15, -0.1) is 0 Å². The SMILES string of the molecule is CCCOC(=O)CCc1cccc(OC)c1. The Morgan fingerprint density at radius 2 is 2.19 bits per heavy atom. The first-order valence-corrected chi connectivity index (χ1v) is 5.54. The lowest BCUT2D eigenvalue weighted by Crippen LogP contribution is -2.06. The molecule has 0 bridgehead atoms. The van der Waals surface area contributed by atoms with Gasteiger partial charge in [0.05, 0.1) is 13.7 Å². The molecule has 0 unspecified atom stereocenters. The van der Waals surface area contributed by atoms with Crippen molar-refractivity contribution < 1.29 is 14.3 Å². The molecule has 0 N–H and O–H groups in total. The molecule has 0 heterocycles. The second-order valence-electron chi connectivity index (χ2n) is 3.57. The van der Waals surface area contributed by atoms with Gasteiger partial charge in [0, 0.05) is 6.42 Å². The zero-order chi connectivity index (χ0) is 11.8. The van der Waals surface area contributed by atoms with Crippen LogP contribution in [0.15, 0.2) is 24.3 Å².